The van der Waals surface area contributed by atoms with E-state index in [0.29, 0.717) is 12.3 Å². The van der Waals surface area contributed by atoms with Crippen LogP contribution in [0.3, 0.4) is 0 Å². The topological polar surface area (TPSA) is 81.5 Å². The van der Waals surface area contributed by atoms with E-state index in [1.54, 1.807) is 0 Å². The number of amides is 1. The van der Waals surface area contributed by atoms with Crippen LogP contribution in [0.5, 0.6) is 5.75 Å². The zero-order chi connectivity index (χ0) is 15.9. The van der Waals surface area contributed by atoms with E-state index in [0.717, 1.165) is 11.1 Å². The molecular formula is C16H16N2O4. The number of ether oxygens (including phenoxy) is 1. The van der Waals surface area contributed by atoms with Crippen LogP contribution in [0, 0.1) is 17.0 Å². The Morgan fingerprint density at radius 3 is 2.59 bits per heavy atom. The number of hydrogen-bond donors (Lipinski definition) is 1. The fraction of sp³-hybridized carbons (Fsp3) is 0.188. The summed E-state index contributed by atoms with van der Waals surface area (Å²) in [6, 6.07) is 13.5. The summed E-state index contributed by atoms with van der Waals surface area (Å²) in [6.07, 6.45) is 0. The first kappa shape index (κ1) is 15.5. The second kappa shape index (κ2) is 7.21. The van der Waals surface area contributed by atoms with E-state index < -0.39 is 4.92 Å². The molecule has 0 atom stereocenters. The van der Waals surface area contributed by atoms with Gasteiger partial charge in [0.25, 0.3) is 11.6 Å². The molecule has 0 fully saturated rings. The highest BCUT2D eigenvalue weighted by Crippen LogP contribution is 2.17. The fourth-order valence-corrected chi connectivity index (χ4v) is 1.89. The maximum Gasteiger partial charge on any atom is 0.269 e. The predicted molar refractivity (Wildman–Crippen MR) is 81.6 cm³/mol. The zero-order valence-electron chi connectivity index (χ0n) is 12.1. The number of nitrogens with one attached hydrogen (secondary N) is 1. The highest BCUT2D eigenvalue weighted by molar-refractivity contribution is 5.77. The van der Waals surface area contributed by atoms with Gasteiger partial charge in [-0.2, -0.15) is 0 Å². The number of benzene rings is 2. The third kappa shape index (κ3) is 4.59. The average molecular weight is 300 g/mol. The smallest absolute Gasteiger partial charge is 0.269 e. The van der Waals surface area contributed by atoms with E-state index >= 15 is 0 Å². The molecule has 0 saturated carbocycles. The van der Waals surface area contributed by atoms with E-state index in [4.69, 9.17) is 4.74 Å². The van der Waals surface area contributed by atoms with Crippen LogP contribution in [-0.2, 0) is 11.3 Å². The van der Waals surface area contributed by atoms with Gasteiger partial charge in [-0.15, -0.1) is 0 Å². The molecule has 0 heterocycles. The second-order valence-corrected chi connectivity index (χ2v) is 4.81. The van der Waals surface area contributed by atoms with E-state index in [1.807, 2.05) is 31.2 Å². The molecule has 6 nitrogen and oxygen atoms in total. The molecular weight excluding hydrogens is 284 g/mol. The number of carbonyl (C=O) groups excluding carboxylic acids is 1. The van der Waals surface area contributed by atoms with Crippen LogP contribution in [-0.4, -0.2) is 17.4 Å². The van der Waals surface area contributed by atoms with Gasteiger partial charge in [0.1, 0.15) is 5.75 Å². The Bertz CT molecular complexity index is 668. The predicted octanol–water partition coefficient (Wildman–Crippen LogP) is 2.60. The van der Waals surface area contributed by atoms with Gasteiger partial charge in [-0.3, -0.25) is 14.9 Å². The molecule has 1 amide bonds. The molecule has 2 aromatic rings. The van der Waals surface area contributed by atoms with Gasteiger partial charge in [-0.1, -0.05) is 29.8 Å². The largest absolute Gasteiger partial charge is 0.484 e. The molecule has 0 aromatic heterocycles. The van der Waals surface area contributed by atoms with Crippen LogP contribution in [0.1, 0.15) is 11.1 Å². The van der Waals surface area contributed by atoms with Crippen LogP contribution >= 0.6 is 0 Å². The molecule has 0 unspecified atom stereocenters. The Morgan fingerprint density at radius 1 is 1.23 bits per heavy atom. The van der Waals surface area contributed by atoms with Gasteiger partial charge in [0.2, 0.25) is 0 Å². The number of nitro groups is 1. The summed E-state index contributed by atoms with van der Waals surface area (Å²) >= 11 is 0. The molecule has 2 rings (SSSR count). The first-order valence-corrected chi connectivity index (χ1v) is 6.74. The third-order valence-electron chi connectivity index (χ3n) is 2.99. The van der Waals surface area contributed by atoms with Crippen LogP contribution in [0.15, 0.2) is 48.5 Å². The van der Waals surface area contributed by atoms with Crippen molar-refractivity contribution in [3.63, 3.8) is 0 Å². The Kier molecular flexibility index (Phi) is 5.08. The monoisotopic (exact) mass is 300 g/mol. The van der Waals surface area contributed by atoms with Crippen molar-refractivity contribution in [2.24, 2.45) is 0 Å². The molecule has 0 saturated heterocycles. The molecule has 2 aromatic carbocycles. The SMILES string of the molecule is Cc1cccc(CNC(=O)COc2ccc([N+](=O)[O-])cc2)c1. The normalized spacial score (nSPS) is 10.0. The van der Waals surface area contributed by atoms with Crippen molar-refractivity contribution in [2.45, 2.75) is 13.5 Å². The van der Waals surface area contributed by atoms with Gasteiger partial charge >= 0.3 is 0 Å². The number of nitrogens with zero attached hydrogens (tertiary/aromatic N) is 1. The van der Waals surface area contributed by atoms with Crippen LogP contribution < -0.4 is 10.1 Å². The fourth-order valence-electron chi connectivity index (χ4n) is 1.89. The number of non-ortho nitro benzene ring substituents is 1. The molecule has 0 radical (unpaired) electrons. The minimum absolute atomic E-state index is 0.0174. The summed E-state index contributed by atoms with van der Waals surface area (Å²) in [7, 11) is 0. The summed E-state index contributed by atoms with van der Waals surface area (Å²) in [5.41, 5.74) is 2.13. The lowest BCUT2D eigenvalue weighted by Crippen LogP contribution is -2.28. The summed E-state index contributed by atoms with van der Waals surface area (Å²) in [6.45, 7) is 2.29. The minimum atomic E-state index is -0.488. The maximum absolute atomic E-state index is 11.7. The third-order valence-corrected chi connectivity index (χ3v) is 2.99. The molecule has 0 bridgehead atoms. The lowest BCUT2D eigenvalue weighted by molar-refractivity contribution is -0.384. The quantitative estimate of drug-likeness (QED) is 0.656. The summed E-state index contributed by atoms with van der Waals surface area (Å²) in [5.74, 6) is 0.163. The zero-order valence-corrected chi connectivity index (χ0v) is 12.1. The molecule has 0 spiro atoms. The Morgan fingerprint density at radius 2 is 1.95 bits per heavy atom. The minimum Gasteiger partial charge on any atom is -0.484 e. The van der Waals surface area contributed by atoms with Crippen molar-refractivity contribution in [3.8, 4) is 5.75 Å². The molecule has 0 aliphatic heterocycles. The van der Waals surface area contributed by atoms with Crippen molar-refractivity contribution >= 4 is 11.6 Å². The standard InChI is InChI=1S/C16H16N2O4/c1-12-3-2-4-13(9-12)10-17-16(19)11-22-15-7-5-14(6-8-15)18(20)21/h2-9H,10-11H2,1H3,(H,17,19). The molecule has 22 heavy (non-hydrogen) atoms. The average Bonchev–Trinajstić information content (AvgIpc) is 2.51. The lowest BCUT2D eigenvalue weighted by atomic mass is 10.1. The van der Waals surface area contributed by atoms with Gasteiger partial charge in [-0.05, 0) is 24.6 Å². The molecule has 1 N–H and O–H groups in total. The van der Waals surface area contributed by atoms with E-state index in [1.165, 1.54) is 24.3 Å². The lowest BCUT2D eigenvalue weighted by Gasteiger charge is -2.08. The number of aryl methyl sites for hydroxylation is 1. The number of rotatable bonds is 6. The number of carbonyl (C=O) groups is 1. The highest BCUT2D eigenvalue weighted by Gasteiger charge is 2.06. The van der Waals surface area contributed by atoms with Crippen LogP contribution in [0.4, 0.5) is 5.69 Å². The van der Waals surface area contributed by atoms with Crippen molar-refractivity contribution in [1.82, 2.24) is 5.32 Å². The van der Waals surface area contributed by atoms with Gasteiger partial charge < -0.3 is 10.1 Å². The summed E-state index contributed by atoms with van der Waals surface area (Å²) in [4.78, 5) is 21.7. The van der Waals surface area contributed by atoms with Gasteiger partial charge in [0.15, 0.2) is 6.61 Å². The van der Waals surface area contributed by atoms with Crippen molar-refractivity contribution in [3.05, 3.63) is 69.8 Å². The number of hydrogen-bond acceptors (Lipinski definition) is 4. The summed E-state index contributed by atoms with van der Waals surface area (Å²) in [5, 5.41) is 13.3. The van der Waals surface area contributed by atoms with Crippen molar-refractivity contribution in [2.75, 3.05) is 6.61 Å². The maximum atomic E-state index is 11.7. The van der Waals surface area contributed by atoms with Crippen LogP contribution in [0.25, 0.3) is 0 Å². The first-order valence-electron chi connectivity index (χ1n) is 6.74. The molecule has 6 heteroatoms. The van der Waals surface area contributed by atoms with E-state index in [-0.39, 0.29) is 18.2 Å². The summed E-state index contributed by atoms with van der Waals surface area (Å²) < 4.78 is 5.28. The molecule has 0 aliphatic rings. The Hall–Kier alpha value is -2.89. The van der Waals surface area contributed by atoms with Crippen LogP contribution in [0.2, 0.25) is 0 Å². The van der Waals surface area contributed by atoms with E-state index in [9.17, 15) is 14.9 Å². The second-order valence-electron chi connectivity index (χ2n) is 4.81. The van der Waals surface area contributed by atoms with Gasteiger partial charge in [0.05, 0.1) is 4.92 Å². The number of nitro benzene ring substituents is 1. The van der Waals surface area contributed by atoms with Gasteiger partial charge in [-0.25, -0.2) is 0 Å². The molecule has 0 aliphatic carbocycles. The Labute approximate surface area is 127 Å². The highest BCUT2D eigenvalue weighted by atomic mass is 16.6. The molecule has 114 valence electrons. The Balaban J connectivity index is 1.79. The van der Waals surface area contributed by atoms with E-state index in [2.05, 4.69) is 5.32 Å². The van der Waals surface area contributed by atoms with Crippen molar-refractivity contribution < 1.29 is 14.5 Å². The van der Waals surface area contributed by atoms with Gasteiger partial charge in [0, 0.05) is 18.7 Å². The van der Waals surface area contributed by atoms with Crippen molar-refractivity contribution in [1.29, 1.82) is 0 Å². The first-order chi connectivity index (χ1) is 10.5.